The van der Waals surface area contributed by atoms with E-state index in [-0.39, 0.29) is 5.54 Å². The minimum absolute atomic E-state index is 0.295. The summed E-state index contributed by atoms with van der Waals surface area (Å²) in [6.07, 6.45) is 3.98. The molecule has 1 heterocycles. The number of nitrogens with one attached hydrogen (secondary N) is 1. The normalized spacial score (nSPS) is 22.8. The highest BCUT2D eigenvalue weighted by atomic mass is 16.2. The van der Waals surface area contributed by atoms with Crippen molar-refractivity contribution in [3.05, 3.63) is 47.3 Å². The predicted molar refractivity (Wildman–Crippen MR) is 102 cm³/mol. The van der Waals surface area contributed by atoms with Crippen molar-refractivity contribution in [3.63, 3.8) is 0 Å². The fraction of sp³-hybridized carbons (Fsp3) is 0.476. The van der Waals surface area contributed by atoms with Crippen LogP contribution in [-0.4, -0.2) is 27.0 Å². The summed E-state index contributed by atoms with van der Waals surface area (Å²) in [4.78, 5) is 25.5. The van der Waals surface area contributed by atoms with Gasteiger partial charge in [-0.1, -0.05) is 25.1 Å². The third-order valence-corrected chi connectivity index (χ3v) is 5.52. The van der Waals surface area contributed by atoms with E-state index in [0.29, 0.717) is 22.9 Å². The molecule has 2 aromatic rings. The fourth-order valence-electron chi connectivity index (χ4n) is 3.76. The minimum Gasteiger partial charge on any atom is -0.344 e. The highest BCUT2D eigenvalue weighted by molar-refractivity contribution is 6.43. The zero-order chi connectivity index (χ0) is 18.9. The van der Waals surface area contributed by atoms with E-state index in [4.69, 9.17) is 0 Å². The maximum atomic E-state index is 12.8. The van der Waals surface area contributed by atoms with E-state index in [9.17, 15) is 9.59 Å². The predicted octanol–water partition coefficient (Wildman–Crippen LogP) is 3.76. The standard InChI is InChI=1S/C21H27N3O2/c1-14-10-12-21(4,13-11-14)22-20(26)19(25)18-15(2)23-24(16(18)3)17-8-6-5-7-9-17/h5-9,14H,10-13H2,1-4H3,(H,22,26). The number of amides is 1. The van der Waals surface area contributed by atoms with Crippen LogP contribution in [0.3, 0.4) is 0 Å². The second-order valence-electron chi connectivity index (χ2n) is 7.82. The fourth-order valence-corrected chi connectivity index (χ4v) is 3.76. The first-order valence-electron chi connectivity index (χ1n) is 9.29. The number of Topliss-reactive ketones (excluding diaryl/α,β-unsaturated/α-hetero) is 1. The van der Waals surface area contributed by atoms with E-state index >= 15 is 0 Å². The van der Waals surface area contributed by atoms with Gasteiger partial charge in [-0.25, -0.2) is 4.68 Å². The highest BCUT2D eigenvalue weighted by Crippen LogP contribution is 2.31. The van der Waals surface area contributed by atoms with Gasteiger partial charge in [0.2, 0.25) is 0 Å². The molecule has 5 nitrogen and oxygen atoms in total. The van der Waals surface area contributed by atoms with Gasteiger partial charge in [0.25, 0.3) is 11.7 Å². The number of benzene rings is 1. The van der Waals surface area contributed by atoms with Gasteiger partial charge in [0.15, 0.2) is 0 Å². The van der Waals surface area contributed by atoms with Gasteiger partial charge < -0.3 is 5.32 Å². The first-order valence-corrected chi connectivity index (χ1v) is 9.29. The Kier molecular flexibility index (Phi) is 4.99. The lowest BCUT2D eigenvalue weighted by atomic mass is 9.78. The molecule has 1 aromatic heterocycles. The molecule has 0 aliphatic heterocycles. The average Bonchev–Trinajstić information content (AvgIpc) is 2.92. The summed E-state index contributed by atoms with van der Waals surface area (Å²) in [5.74, 6) is -0.341. The van der Waals surface area contributed by atoms with Crippen LogP contribution in [0.4, 0.5) is 0 Å². The molecule has 5 heteroatoms. The number of hydrogen-bond donors (Lipinski definition) is 1. The van der Waals surface area contributed by atoms with Crippen LogP contribution in [0.5, 0.6) is 0 Å². The van der Waals surface area contributed by atoms with Crippen LogP contribution >= 0.6 is 0 Å². The Balaban J connectivity index is 1.82. The third-order valence-electron chi connectivity index (χ3n) is 5.52. The molecule has 1 aromatic carbocycles. The number of aromatic nitrogens is 2. The molecule has 3 rings (SSSR count). The van der Waals surface area contributed by atoms with E-state index in [1.54, 1.807) is 11.6 Å². The van der Waals surface area contributed by atoms with Crippen LogP contribution in [0.2, 0.25) is 0 Å². The molecule has 0 radical (unpaired) electrons. The number of ketones is 1. The number of carbonyl (C=O) groups is 2. The van der Waals surface area contributed by atoms with Crippen LogP contribution in [0.25, 0.3) is 5.69 Å². The second kappa shape index (κ2) is 7.06. The molecule has 0 unspecified atom stereocenters. The van der Waals surface area contributed by atoms with Gasteiger partial charge in [-0.15, -0.1) is 0 Å². The van der Waals surface area contributed by atoms with Crippen molar-refractivity contribution in [1.29, 1.82) is 0 Å². The van der Waals surface area contributed by atoms with Gasteiger partial charge in [-0.05, 0) is 64.5 Å². The van der Waals surface area contributed by atoms with Crippen LogP contribution in [-0.2, 0) is 4.79 Å². The molecule has 0 bridgehead atoms. The highest BCUT2D eigenvalue weighted by Gasteiger charge is 2.34. The lowest BCUT2D eigenvalue weighted by Gasteiger charge is -2.36. The summed E-state index contributed by atoms with van der Waals surface area (Å²) in [7, 11) is 0. The third kappa shape index (κ3) is 3.57. The summed E-state index contributed by atoms with van der Waals surface area (Å²) < 4.78 is 1.72. The Labute approximate surface area is 154 Å². The minimum atomic E-state index is -0.527. The lowest BCUT2D eigenvalue weighted by molar-refractivity contribution is -0.119. The molecule has 26 heavy (non-hydrogen) atoms. The Morgan fingerprint density at radius 2 is 1.77 bits per heavy atom. The molecular weight excluding hydrogens is 326 g/mol. The molecule has 1 aliphatic rings. The number of aryl methyl sites for hydroxylation is 1. The largest absolute Gasteiger partial charge is 0.344 e. The number of carbonyl (C=O) groups excluding carboxylic acids is 2. The lowest BCUT2D eigenvalue weighted by Crippen LogP contribution is -2.50. The van der Waals surface area contributed by atoms with Gasteiger partial charge in [0, 0.05) is 5.54 Å². The van der Waals surface area contributed by atoms with Crippen molar-refractivity contribution in [2.45, 2.75) is 58.9 Å². The van der Waals surface area contributed by atoms with Crippen molar-refractivity contribution in [2.75, 3.05) is 0 Å². The summed E-state index contributed by atoms with van der Waals surface area (Å²) in [5.41, 5.74) is 2.25. The number of nitrogens with zero attached hydrogens (tertiary/aromatic N) is 2. The zero-order valence-corrected chi connectivity index (χ0v) is 16.0. The molecule has 1 saturated carbocycles. The monoisotopic (exact) mass is 353 g/mol. The topological polar surface area (TPSA) is 64.0 Å². The second-order valence-corrected chi connectivity index (χ2v) is 7.82. The van der Waals surface area contributed by atoms with E-state index in [2.05, 4.69) is 17.3 Å². The zero-order valence-electron chi connectivity index (χ0n) is 16.0. The Hall–Kier alpha value is -2.43. The molecule has 1 aliphatic carbocycles. The average molecular weight is 353 g/mol. The van der Waals surface area contributed by atoms with Gasteiger partial charge >= 0.3 is 0 Å². The Bertz CT molecular complexity index is 815. The van der Waals surface area contributed by atoms with Crippen molar-refractivity contribution >= 4 is 11.7 Å². The molecular formula is C21H27N3O2. The van der Waals surface area contributed by atoms with Crippen molar-refractivity contribution < 1.29 is 9.59 Å². The van der Waals surface area contributed by atoms with Gasteiger partial charge in [-0.3, -0.25) is 9.59 Å². The molecule has 1 amide bonds. The Morgan fingerprint density at radius 1 is 1.15 bits per heavy atom. The molecule has 1 fully saturated rings. The van der Waals surface area contributed by atoms with Crippen LogP contribution < -0.4 is 5.32 Å². The van der Waals surface area contributed by atoms with Crippen LogP contribution in [0.15, 0.2) is 30.3 Å². The van der Waals surface area contributed by atoms with Crippen LogP contribution in [0.1, 0.15) is 61.3 Å². The van der Waals surface area contributed by atoms with Crippen molar-refractivity contribution in [1.82, 2.24) is 15.1 Å². The van der Waals surface area contributed by atoms with E-state index in [1.165, 1.54) is 0 Å². The van der Waals surface area contributed by atoms with Gasteiger partial charge in [0.1, 0.15) is 0 Å². The van der Waals surface area contributed by atoms with E-state index in [0.717, 1.165) is 31.4 Å². The summed E-state index contributed by atoms with van der Waals surface area (Å²) in [6, 6.07) is 9.63. The van der Waals surface area contributed by atoms with E-state index < -0.39 is 11.7 Å². The van der Waals surface area contributed by atoms with Crippen molar-refractivity contribution in [3.8, 4) is 5.69 Å². The summed E-state index contributed by atoms with van der Waals surface area (Å²) in [5, 5.41) is 7.47. The first kappa shape index (κ1) is 18.4. The number of para-hydroxylation sites is 1. The van der Waals surface area contributed by atoms with Gasteiger partial charge in [-0.2, -0.15) is 5.10 Å². The van der Waals surface area contributed by atoms with E-state index in [1.807, 2.05) is 44.2 Å². The van der Waals surface area contributed by atoms with Crippen molar-refractivity contribution in [2.24, 2.45) is 5.92 Å². The molecule has 0 saturated heterocycles. The number of rotatable bonds is 4. The van der Waals surface area contributed by atoms with Gasteiger partial charge in [0.05, 0.1) is 22.6 Å². The molecule has 0 atom stereocenters. The first-order chi connectivity index (χ1) is 12.3. The maximum Gasteiger partial charge on any atom is 0.292 e. The molecule has 0 spiro atoms. The smallest absolute Gasteiger partial charge is 0.292 e. The maximum absolute atomic E-state index is 12.8. The molecule has 1 N–H and O–H groups in total. The SMILES string of the molecule is Cc1nn(-c2ccccc2)c(C)c1C(=O)C(=O)NC1(C)CCC(C)CC1. The molecule has 138 valence electrons. The summed E-state index contributed by atoms with van der Waals surface area (Å²) in [6.45, 7) is 7.88. The quantitative estimate of drug-likeness (QED) is 0.672. The van der Waals surface area contributed by atoms with Crippen LogP contribution in [0, 0.1) is 19.8 Å². The number of hydrogen-bond acceptors (Lipinski definition) is 3. The summed E-state index contributed by atoms with van der Waals surface area (Å²) >= 11 is 0. The Morgan fingerprint density at radius 3 is 2.38 bits per heavy atom.